The second-order valence-corrected chi connectivity index (χ2v) is 4.97. The molecule has 1 heterocycles. The van der Waals surface area contributed by atoms with Gasteiger partial charge in [-0.25, -0.2) is 8.78 Å². The number of rotatable bonds is 3. The van der Waals surface area contributed by atoms with Crippen molar-refractivity contribution in [1.29, 1.82) is 0 Å². The second kappa shape index (κ2) is 6.10. The Balaban J connectivity index is 2.01. The molecule has 1 aromatic rings. The summed E-state index contributed by atoms with van der Waals surface area (Å²) in [6, 6.07) is 2.93. The van der Waals surface area contributed by atoms with Crippen molar-refractivity contribution < 1.29 is 13.6 Å². The van der Waals surface area contributed by atoms with Crippen molar-refractivity contribution in [3.8, 4) is 0 Å². The van der Waals surface area contributed by atoms with Crippen LogP contribution in [0.5, 0.6) is 0 Å². The van der Waals surface area contributed by atoms with Crippen LogP contribution in [-0.4, -0.2) is 30.4 Å². The maximum absolute atomic E-state index is 13.1. The van der Waals surface area contributed by atoms with Gasteiger partial charge in [0.1, 0.15) is 11.6 Å². The number of amides is 1. The molecule has 104 valence electrons. The lowest BCUT2D eigenvalue weighted by Crippen LogP contribution is -2.38. The van der Waals surface area contributed by atoms with E-state index >= 15 is 0 Å². The highest BCUT2D eigenvalue weighted by Crippen LogP contribution is 2.21. The normalized spacial score (nSPS) is 16.7. The number of carbonyl (C=O) groups excluding carboxylic acids is 1. The summed E-state index contributed by atoms with van der Waals surface area (Å²) < 4.78 is 26.2. The molecule has 3 nitrogen and oxygen atoms in total. The Morgan fingerprint density at radius 3 is 2.32 bits per heavy atom. The lowest BCUT2D eigenvalue weighted by molar-refractivity contribution is 0.0687. The third-order valence-corrected chi connectivity index (χ3v) is 3.59. The monoisotopic (exact) mass is 268 g/mol. The van der Waals surface area contributed by atoms with Gasteiger partial charge < -0.3 is 10.6 Å². The first kappa shape index (κ1) is 13.9. The van der Waals surface area contributed by atoms with Crippen LogP contribution in [0.4, 0.5) is 8.78 Å². The average Bonchev–Trinajstić information content (AvgIpc) is 2.38. The van der Waals surface area contributed by atoms with Crippen molar-refractivity contribution in [1.82, 2.24) is 4.90 Å². The van der Waals surface area contributed by atoms with E-state index in [1.807, 2.05) is 0 Å². The number of hydrogen-bond donors (Lipinski definition) is 1. The predicted molar refractivity (Wildman–Crippen MR) is 68.7 cm³/mol. The topological polar surface area (TPSA) is 46.3 Å². The highest BCUT2D eigenvalue weighted by atomic mass is 19.1. The van der Waals surface area contributed by atoms with E-state index in [0.29, 0.717) is 25.6 Å². The zero-order valence-corrected chi connectivity index (χ0v) is 10.7. The van der Waals surface area contributed by atoms with Gasteiger partial charge in [0.15, 0.2) is 0 Å². The first-order valence-electron chi connectivity index (χ1n) is 6.55. The first-order chi connectivity index (χ1) is 9.10. The van der Waals surface area contributed by atoms with Crippen molar-refractivity contribution in [2.45, 2.75) is 19.3 Å². The highest BCUT2D eigenvalue weighted by molar-refractivity contribution is 5.94. The molecule has 2 rings (SSSR count). The van der Waals surface area contributed by atoms with Crippen LogP contribution in [-0.2, 0) is 0 Å². The molecular weight excluding hydrogens is 250 g/mol. The van der Waals surface area contributed by atoms with Crippen molar-refractivity contribution in [3.05, 3.63) is 35.4 Å². The zero-order chi connectivity index (χ0) is 13.8. The Morgan fingerprint density at radius 2 is 1.79 bits per heavy atom. The van der Waals surface area contributed by atoms with Gasteiger partial charge in [0, 0.05) is 24.7 Å². The number of carbonyl (C=O) groups is 1. The van der Waals surface area contributed by atoms with E-state index in [2.05, 4.69) is 0 Å². The summed E-state index contributed by atoms with van der Waals surface area (Å²) in [7, 11) is 0. The van der Waals surface area contributed by atoms with Gasteiger partial charge in [-0.1, -0.05) is 0 Å². The molecule has 0 aromatic heterocycles. The summed E-state index contributed by atoms with van der Waals surface area (Å²) in [6.45, 7) is 1.91. The number of nitrogens with two attached hydrogens (primary N) is 1. The van der Waals surface area contributed by atoms with Crippen LogP contribution in [0.1, 0.15) is 29.6 Å². The fourth-order valence-electron chi connectivity index (χ4n) is 2.52. The van der Waals surface area contributed by atoms with Crippen LogP contribution in [0.25, 0.3) is 0 Å². The van der Waals surface area contributed by atoms with Crippen LogP contribution in [0.15, 0.2) is 18.2 Å². The molecule has 0 spiro atoms. The SMILES string of the molecule is NCCC1CCN(C(=O)c2cc(F)cc(F)c2)CC1. The molecule has 0 radical (unpaired) electrons. The van der Waals surface area contributed by atoms with Crippen molar-refractivity contribution in [3.63, 3.8) is 0 Å². The first-order valence-corrected chi connectivity index (χ1v) is 6.55. The zero-order valence-electron chi connectivity index (χ0n) is 10.7. The molecule has 19 heavy (non-hydrogen) atoms. The van der Waals surface area contributed by atoms with Crippen LogP contribution >= 0.6 is 0 Å². The van der Waals surface area contributed by atoms with E-state index in [1.54, 1.807) is 4.90 Å². The van der Waals surface area contributed by atoms with Gasteiger partial charge in [0.25, 0.3) is 5.91 Å². The second-order valence-electron chi connectivity index (χ2n) is 4.97. The Labute approximate surface area is 111 Å². The Morgan fingerprint density at radius 1 is 1.21 bits per heavy atom. The lowest BCUT2D eigenvalue weighted by Gasteiger charge is -2.32. The van der Waals surface area contributed by atoms with Crippen molar-refractivity contribution >= 4 is 5.91 Å². The molecule has 0 aliphatic carbocycles. The van der Waals surface area contributed by atoms with Crippen molar-refractivity contribution in [2.24, 2.45) is 11.7 Å². The molecular formula is C14H18F2N2O. The molecule has 0 atom stereocenters. The largest absolute Gasteiger partial charge is 0.339 e. The summed E-state index contributed by atoms with van der Waals surface area (Å²) in [5.41, 5.74) is 5.59. The molecule has 1 fully saturated rings. The summed E-state index contributed by atoms with van der Waals surface area (Å²) in [4.78, 5) is 13.8. The Bertz CT molecular complexity index is 437. The molecule has 1 saturated heterocycles. The molecule has 5 heteroatoms. The van der Waals surface area contributed by atoms with Crippen LogP contribution in [0.3, 0.4) is 0 Å². The minimum absolute atomic E-state index is 0.0785. The Hall–Kier alpha value is -1.49. The van der Waals surface area contributed by atoms with E-state index < -0.39 is 11.6 Å². The number of benzene rings is 1. The number of likely N-dealkylation sites (tertiary alicyclic amines) is 1. The molecule has 0 bridgehead atoms. The van der Waals surface area contributed by atoms with E-state index in [9.17, 15) is 13.6 Å². The summed E-state index contributed by atoms with van der Waals surface area (Å²) in [6.07, 6.45) is 2.78. The van der Waals surface area contributed by atoms with Gasteiger partial charge in [-0.15, -0.1) is 0 Å². The highest BCUT2D eigenvalue weighted by Gasteiger charge is 2.23. The van der Waals surface area contributed by atoms with Gasteiger partial charge in [0.2, 0.25) is 0 Å². The fourth-order valence-corrected chi connectivity index (χ4v) is 2.52. The van der Waals surface area contributed by atoms with Crippen LogP contribution in [0, 0.1) is 17.6 Å². The summed E-state index contributed by atoms with van der Waals surface area (Å²) in [5.74, 6) is -1.19. The van der Waals surface area contributed by atoms with E-state index in [4.69, 9.17) is 5.73 Å². The number of piperidine rings is 1. The summed E-state index contributed by atoms with van der Waals surface area (Å²) >= 11 is 0. The van der Waals surface area contributed by atoms with E-state index in [0.717, 1.165) is 37.5 Å². The van der Waals surface area contributed by atoms with Gasteiger partial charge in [-0.2, -0.15) is 0 Å². The molecule has 1 aromatic carbocycles. The predicted octanol–water partition coefficient (Wildman–Crippen LogP) is 2.17. The molecule has 0 unspecified atom stereocenters. The molecule has 1 aliphatic rings. The summed E-state index contributed by atoms with van der Waals surface area (Å²) in [5, 5.41) is 0. The van der Waals surface area contributed by atoms with E-state index in [1.165, 1.54) is 0 Å². The van der Waals surface area contributed by atoms with Gasteiger partial charge >= 0.3 is 0 Å². The van der Waals surface area contributed by atoms with Gasteiger partial charge in [0.05, 0.1) is 0 Å². The quantitative estimate of drug-likeness (QED) is 0.913. The maximum atomic E-state index is 13.1. The molecule has 1 aliphatic heterocycles. The number of hydrogen-bond acceptors (Lipinski definition) is 2. The number of nitrogens with zero attached hydrogens (tertiary/aromatic N) is 1. The van der Waals surface area contributed by atoms with Gasteiger partial charge in [-0.05, 0) is 43.9 Å². The Kier molecular flexibility index (Phi) is 4.47. The minimum Gasteiger partial charge on any atom is -0.339 e. The average molecular weight is 268 g/mol. The minimum atomic E-state index is -0.721. The van der Waals surface area contributed by atoms with Crippen molar-refractivity contribution in [2.75, 3.05) is 19.6 Å². The standard InChI is InChI=1S/C14H18F2N2O/c15-12-7-11(8-13(16)9-12)14(19)18-5-2-10(1-4-17)3-6-18/h7-10H,1-6,17H2. The smallest absolute Gasteiger partial charge is 0.254 e. The third-order valence-electron chi connectivity index (χ3n) is 3.59. The maximum Gasteiger partial charge on any atom is 0.254 e. The molecule has 0 saturated carbocycles. The number of halogens is 2. The van der Waals surface area contributed by atoms with Crippen LogP contribution < -0.4 is 5.73 Å². The third kappa shape index (κ3) is 3.50. The molecule has 1 amide bonds. The fraction of sp³-hybridized carbons (Fsp3) is 0.500. The van der Waals surface area contributed by atoms with E-state index in [-0.39, 0.29) is 11.5 Å². The van der Waals surface area contributed by atoms with Crippen LogP contribution in [0.2, 0.25) is 0 Å². The molecule has 2 N–H and O–H groups in total. The lowest BCUT2D eigenvalue weighted by atomic mass is 9.93. The van der Waals surface area contributed by atoms with Gasteiger partial charge in [-0.3, -0.25) is 4.79 Å².